The van der Waals surface area contributed by atoms with Crippen molar-refractivity contribution in [3.05, 3.63) is 59.7 Å². The van der Waals surface area contributed by atoms with E-state index in [1.165, 1.54) is 23.4 Å². The van der Waals surface area contributed by atoms with Crippen molar-refractivity contribution in [3.8, 4) is 0 Å². The van der Waals surface area contributed by atoms with Crippen LogP contribution in [-0.2, 0) is 27.8 Å². The van der Waals surface area contributed by atoms with Crippen LogP contribution in [0.25, 0.3) is 0 Å². The number of thioether (sulfide) groups is 1. The summed E-state index contributed by atoms with van der Waals surface area (Å²) in [5.41, 5.74) is 3.55. The first-order valence-corrected chi connectivity index (χ1v) is 13.0. The number of hydrogen-bond donors (Lipinski definition) is 2. The molecule has 162 valence electrons. The lowest BCUT2D eigenvalue weighted by atomic mass is 9.99. The van der Waals surface area contributed by atoms with Crippen LogP contribution in [0.3, 0.4) is 0 Å². The molecule has 1 aliphatic rings. The van der Waals surface area contributed by atoms with Gasteiger partial charge >= 0.3 is 0 Å². The summed E-state index contributed by atoms with van der Waals surface area (Å²) >= 11 is 1.58. The summed E-state index contributed by atoms with van der Waals surface area (Å²) in [5.74, 6) is 0.374. The Labute approximate surface area is 183 Å². The molecule has 0 saturated heterocycles. The van der Waals surface area contributed by atoms with E-state index in [1.807, 2.05) is 12.3 Å². The van der Waals surface area contributed by atoms with Gasteiger partial charge < -0.3 is 10.2 Å². The third-order valence-corrected chi connectivity index (χ3v) is 7.37. The molecule has 1 heterocycles. The van der Waals surface area contributed by atoms with Gasteiger partial charge in [0.1, 0.15) is 6.04 Å². The Balaban J connectivity index is 1.67. The lowest BCUT2D eigenvalue weighted by Crippen LogP contribution is -2.46. The van der Waals surface area contributed by atoms with Gasteiger partial charge in [-0.3, -0.25) is 4.79 Å². The smallest absolute Gasteiger partial charge is 0.241 e. The summed E-state index contributed by atoms with van der Waals surface area (Å²) < 4.78 is 27.9. The van der Waals surface area contributed by atoms with Crippen molar-refractivity contribution in [2.45, 2.75) is 36.7 Å². The van der Waals surface area contributed by atoms with Gasteiger partial charge in [0.05, 0.1) is 4.90 Å². The highest BCUT2D eigenvalue weighted by Crippen LogP contribution is 2.26. The number of carbonyl (C=O) groups excluding carboxylic acids is 1. The SMILES string of the molecule is CSCCC(NS(=O)(=O)c1ccccc1)C(=O)NCc1ccc2c(c1)CCCN2C. The zero-order valence-corrected chi connectivity index (χ0v) is 19.1. The first kappa shape index (κ1) is 22.7. The first-order chi connectivity index (χ1) is 14.4. The van der Waals surface area contributed by atoms with E-state index in [-0.39, 0.29) is 10.8 Å². The van der Waals surface area contributed by atoms with Gasteiger partial charge in [-0.1, -0.05) is 30.3 Å². The number of fused-ring (bicyclic) bond motifs is 1. The average molecular weight is 448 g/mol. The third kappa shape index (κ3) is 5.77. The summed E-state index contributed by atoms with van der Waals surface area (Å²) in [5, 5.41) is 2.91. The van der Waals surface area contributed by atoms with Crippen molar-refractivity contribution >= 4 is 33.4 Å². The number of carbonyl (C=O) groups is 1. The molecule has 0 aliphatic carbocycles. The van der Waals surface area contributed by atoms with E-state index >= 15 is 0 Å². The molecule has 30 heavy (non-hydrogen) atoms. The Morgan fingerprint density at radius 2 is 1.97 bits per heavy atom. The van der Waals surface area contributed by atoms with Gasteiger partial charge in [0, 0.05) is 25.8 Å². The monoisotopic (exact) mass is 447 g/mol. The minimum Gasteiger partial charge on any atom is -0.374 e. The molecule has 0 saturated carbocycles. The minimum absolute atomic E-state index is 0.158. The second kappa shape index (κ2) is 10.3. The van der Waals surface area contributed by atoms with Crippen LogP contribution in [0.5, 0.6) is 0 Å². The summed E-state index contributed by atoms with van der Waals surface area (Å²) in [6.45, 7) is 1.43. The van der Waals surface area contributed by atoms with Gasteiger partial charge in [-0.25, -0.2) is 8.42 Å². The molecule has 0 spiro atoms. The zero-order valence-electron chi connectivity index (χ0n) is 17.4. The van der Waals surface area contributed by atoms with E-state index in [2.05, 4.69) is 34.1 Å². The summed E-state index contributed by atoms with van der Waals surface area (Å²) in [6, 6.07) is 13.6. The van der Waals surface area contributed by atoms with Crippen molar-refractivity contribution in [3.63, 3.8) is 0 Å². The van der Waals surface area contributed by atoms with Crippen molar-refractivity contribution in [2.75, 3.05) is 30.5 Å². The Bertz CT molecular complexity index is 965. The van der Waals surface area contributed by atoms with Crippen LogP contribution < -0.4 is 14.9 Å². The van der Waals surface area contributed by atoms with Crippen LogP contribution in [-0.4, -0.2) is 46.0 Å². The number of nitrogens with one attached hydrogen (secondary N) is 2. The summed E-state index contributed by atoms with van der Waals surface area (Å²) in [4.78, 5) is 15.2. The molecule has 0 bridgehead atoms. The van der Waals surface area contributed by atoms with Crippen LogP contribution in [0.2, 0.25) is 0 Å². The molecule has 2 aromatic rings. The maximum Gasteiger partial charge on any atom is 0.241 e. The fourth-order valence-corrected chi connectivity index (χ4v) is 5.32. The molecule has 1 amide bonds. The Kier molecular flexibility index (Phi) is 7.80. The van der Waals surface area contributed by atoms with E-state index in [4.69, 9.17) is 0 Å². The van der Waals surface area contributed by atoms with Crippen molar-refractivity contribution in [1.29, 1.82) is 0 Å². The van der Waals surface area contributed by atoms with E-state index in [1.54, 1.807) is 30.0 Å². The topological polar surface area (TPSA) is 78.5 Å². The number of hydrogen-bond acceptors (Lipinski definition) is 5. The molecule has 8 heteroatoms. The fraction of sp³-hybridized carbons (Fsp3) is 0.409. The highest BCUT2D eigenvalue weighted by atomic mass is 32.2. The Hall–Kier alpha value is -2.03. The van der Waals surface area contributed by atoms with E-state index in [0.717, 1.165) is 24.9 Å². The van der Waals surface area contributed by atoms with Gasteiger partial charge in [0.15, 0.2) is 0 Å². The molecular weight excluding hydrogens is 418 g/mol. The van der Waals surface area contributed by atoms with Gasteiger partial charge in [-0.05, 0) is 60.6 Å². The Morgan fingerprint density at radius 1 is 1.20 bits per heavy atom. The Morgan fingerprint density at radius 3 is 2.70 bits per heavy atom. The predicted octanol–water partition coefficient (Wildman–Crippen LogP) is 2.79. The molecule has 2 N–H and O–H groups in total. The molecule has 6 nitrogen and oxygen atoms in total. The van der Waals surface area contributed by atoms with Crippen LogP contribution in [0.15, 0.2) is 53.4 Å². The van der Waals surface area contributed by atoms with Gasteiger partial charge in [0.2, 0.25) is 15.9 Å². The second-order valence-electron chi connectivity index (χ2n) is 7.47. The molecule has 1 atom stereocenters. The molecule has 2 aromatic carbocycles. The molecule has 3 rings (SSSR count). The predicted molar refractivity (Wildman–Crippen MR) is 123 cm³/mol. The minimum atomic E-state index is -3.76. The molecule has 1 unspecified atom stereocenters. The number of nitrogens with zero attached hydrogens (tertiary/aromatic N) is 1. The number of aryl methyl sites for hydroxylation is 1. The van der Waals surface area contributed by atoms with E-state index in [9.17, 15) is 13.2 Å². The second-order valence-corrected chi connectivity index (χ2v) is 10.2. The maximum absolute atomic E-state index is 12.8. The molecule has 0 radical (unpaired) electrons. The molecular formula is C22H29N3O3S2. The average Bonchev–Trinajstić information content (AvgIpc) is 2.75. The van der Waals surface area contributed by atoms with E-state index < -0.39 is 16.1 Å². The lowest BCUT2D eigenvalue weighted by molar-refractivity contribution is -0.122. The third-order valence-electron chi connectivity index (χ3n) is 5.24. The number of sulfonamides is 1. The number of anilines is 1. The molecule has 1 aliphatic heterocycles. The number of benzene rings is 2. The zero-order chi connectivity index (χ0) is 21.6. The normalized spacial score (nSPS) is 14.8. The van der Waals surface area contributed by atoms with Gasteiger partial charge in [-0.2, -0.15) is 16.5 Å². The van der Waals surface area contributed by atoms with Crippen LogP contribution in [0, 0.1) is 0 Å². The van der Waals surface area contributed by atoms with Gasteiger partial charge in [0.25, 0.3) is 0 Å². The lowest BCUT2D eigenvalue weighted by Gasteiger charge is -2.28. The molecule has 0 aromatic heterocycles. The van der Waals surface area contributed by atoms with Gasteiger partial charge in [-0.15, -0.1) is 0 Å². The van der Waals surface area contributed by atoms with Crippen LogP contribution in [0.1, 0.15) is 24.0 Å². The van der Waals surface area contributed by atoms with Crippen molar-refractivity contribution in [2.24, 2.45) is 0 Å². The number of rotatable bonds is 9. The van der Waals surface area contributed by atoms with Crippen LogP contribution in [0.4, 0.5) is 5.69 Å². The van der Waals surface area contributed by atoms with Crippen molar-refractivity contribution < 1.29 is 13.2 Å². The maximum atomic E-state index is 12.8. The largest absolute Gasteiger partial charge is 0.374 e. The fourth-order valence-electron chi connectivity index (χ4n) is 3.60. The quantitative estimate of drug-likeness (QED) is 0.618. The first-order valence-electron chi connectivity index (χ1n) is 10.1. The number of amides is 1. The summed E-state index contributed by atoms with van der Waals surface area (Å²) in [7, 11) is -1.67. The highest BCUT2D eigenvalue weighted by Gasteiger charge is 2.25. The van der Waals surface area contributed by atoms with Crippen molar-refractivity contribution in [1.82, 2.24) is 10.0 Å². The van der Waals surface area contributed by atoms with Crippen LogP contribution >= 0.6 is 11.8 Å². The standard InChI is InChI=1S/C22H29N3O3S2/c1-25-13-6-7-18-15-17(10-11-21(18)25)16-23-22(26)20(12-14-29-2)24-30(27,28)19-8-4-3-5-9-19/h3-5,8-11,15,20,24H,6-7,12-14,16H2,1-2H3,(H,23,26). The van der Waals surface area contributed by atoms with E-state index in [0.29, 0.717) is 18.7 Å². The summed E-state index contributed by atoms with van der Waals surface area (Å²) in [6.07, 6.45) is 4.52. The highest BCUT2D eigenvalue weighted by molar-refractivity contribution is 7.98. The molecule has 0 fully saturated rings.